The summed E-state index contributed by atoms with van der Waals surface area (Å²) < 4.78 is 69.0. The molecule has 0 spiro atoms. The van der Waals surface area contributed by atoms with Crippen LogP contribution in [-0.2, 0) is 16.6 Å². The molecule has 124 valence electrons. The molecule has 2 aromatic carbocycles. The minimum absolute atomic E-state index is 0.124. The number of nitrogens with one attached hydrogen (secondary N) is 1. The number of rotatable bonds is 6. The fraction of sp³-hybridized carbons (Fsp3) is 0.200. The van der Waals surface area contributed by atoms with E-state index in [4.69, 9.17) is 0 Å². The highest BCUT2D eigenvalue weighted by Crippen LogP contribution is 2.22. The van der Waals surface area contributed by atoms with Crippen molar-refractivity contribution in [3.05, 3.63) is 59.4 Å². The Morgan fingerprint density at radius 3 is 2.57 bits per heavy atom. The zero-order valence-electron chi connectivity index (χ0n) is 12.1. The molecule has 8 heteroatoms. The molecular weight excluding hydrogens is 331 g/mol. The smallest absolute Gasteiger partial charge is 0.387 e. The van der Waals surface area contributed by atoms with Crippen LogP contribution >= 0.6 is 0 Å². The Labute approximate surface area is 132 Å². The Morgan fingerprint density at radius 1 is 1.17 bits per heavy atom. The van der Waals surface area contributed by atoms with Crippen molar-refractivity contribution in [1.29, 1.82) is 0 Å². The van der Waals surface area contributed by atoms with E-state index in [0.29, 0.717) is 5.56 Å². The maximum absolute atomic E-state index is 13.3. The van der Waals surface area contributed by atoms with Crippen LogP contribution in [0.5, 0.6) is 5.75 Å². The zero-order chi connectivity index (χ0) is 17.0. The van der Waals surface area contributed by atoms with Crippen molar-refractivity contribution in [1.82, 2.24) is 4.72 Å². The highest BCUT2D eigenvalue weighted by atomic mass is 32.2. The Kier molecular flexibility index (Phi) is 5.27. The fourth-order valence-electron chi connectivity index (χ4n) is 1.97. The summed E-state index contributed by atoms with van der Waals surface area (Å²) in [5, 5.41) is 0. The van der Waals surface area contributed by atoms with Crippen molar-refractivity contribution in [3.63, 3.8) is 0 Å². The van der Waals surface area contributed by atoms with Gasteiger partial charge in [0.1, 0.15) is 11.6 Å². The van der Waals surface area contributed by atoms with E-state index in [0.717, 1.165) is 12.1 Å². The van der Waals surface area contributed by atoms with E-state index in [1.54, 1.807) is 6.07 Å². The van der Waals surface area contributed by atoms with Crippen LogP contribution in [0.4, 0.5) is 13.2 Å². The van der Waals surface area contributed by atoms with Crippen molar-refractivity contribution >= 4 is 10.0 Å². The van der Waals surface area contributed by atoms with Crippen LogP contribution in [0.1, 0.15) is 11.1 Å². The molecule has 0 aromatic heterocycles. The van der Waals surface area contributed by atoms with Crippen molar-refractivity contribution in [2.75, 3.05) is 0 Å². The van der Waals surface area contributed by atoms with Crippen LogP contribution in [0.3, 0.4) is 0 Å². The molecule has 0 bridgehead atoms. The number of alkyl halides is 2. The Hall–Kier alpha value is -2.06. The molecule has 2 rings (SSSR count). The molecule has 0 unspecified atom stereocenters. The summed E-state index contributed by atoms with van der Waals surface area (Å²) in [5.74, 6) is -0.807. The van der Waals surface area contributed by atoms with E-state index in [9.17, 15) is 21.6 Å². The van der Waals surface area contributed by atoms with Crippen molar-refractivity contribution in [2.24, 2.45) is 0 Å². The molecule has 0 fully saturated rings. The van der Waals surface area contributed by atoms with E-state index in [-0.39, 0.29) is 22.8 Å². The minimum Gasteiger partial charge on any atom is -0.434 e. The lowest BCUT2D eigenvalue weighted by Gasteiger charge is -2.12. The van der Waals surface area contributed by atoms with Gasteiger partial charge in [-0.15, -0.1) is 0 Å². The summed E-state index contributed by atoms with van der Waals surface area (Å²) in [5.41, 5.74) is 0.612. The third-order valence-electron chi connectivity index (χ3n) is 3.08. The van der Waals surface area contributed by atoms with Crippen molar-refractivity contribution < 1.29 is 26.3 Å². The number of hydrogen-bond donors (Lipinski definition) is 1. The molecule has 0 radical (unpaired) electrons. The molecule has 0 amide bonds. The first kappa shape index (κ1) is 17.3. The van der Waals surface area contributed by atoms with Crippen LogP contribution < -0.4 is 9.46 Å². The molecule has 2 aromatic rings. The van der Waals surface area contributed by atoms with E-state index in [1.807, 2.05) is 0 Å². The van der Waals surface area contributed by atoms with Gasteiger partial charge in [0.25, 0.3) is 0 Å². The lowest BCUT2D eigenvalue weighted by Crippen LogP contribution is -2.24. The first-order valence-corrected chi connectivity index (χ1v) is 8.06. The predicted octanol–water partition coefficient (Wildman–Crippen LogP) is 3.21. The third-order valence-corrected chi connectivity index (χ3v) is 4.62. The lowest BCUT2D eigenvalue weighted by atomic mass is 10.2. The highest BCUT2D eigenvalue weighted by molar-refractivity contribution is 7.89. The van der Waals surface area contributed by atoms with Gasteiger partial charge in [0.2, 0.25) is 10.0 Å². The second-order valence-corrected chi connectivity index (χ2v) is 6.46. The normalized spacial score (nSPS) is 11.7. The zero-order valence-corrected chi connectivity index (χ0v) is 12.9. The standard InChI is InChI=1S/C15H14F3NO3S/c1-10-6-7-12(16)8-14(10)23(20,21)19-9-11-4-2-3-5-13(11)22-15(17)18/h2-8,15,19H,9H2,1H3. The van der Waals surface area contributed by atoms with Crippen molar-refractivity contribution in [3.8, 4) is 5.75 Å². The largest absolute Gasteiger partial charge is 0.434 e. The van der Waals surface area contributed by atoms with Gasteiger partial charge in [-0.1, -0.05) is 24.3 Å². The second-order valence-electron chi connectivity index (χ2n) is 4.72. The Morgan fingerprint density at radius 2 is 1.87 bits per heavy atom. The van der Waals surface area contributed by atoms with Gasteiger partial charge in [-0.25, -0.2) is 17.5 Å². The van der Waals surface area contributed by atoms with Gasteiger partial charge >= 0.3 is 6.61 Å². The molecule has 4 nitrogen and oxygen atoms in total. The minimum atomic E-state index is -3.99. The number of hydrogen-bond acceptors (Lipinski definition) is 3. The first-order valence-electron chi connectivity index (χ1n) is 6.58. The number of aryl methyl sites for hydroxylation is 1. The van der Waals surface area contributed by atoms with Gasteiger partial charge in [0.15, 0.2) is 0 Å². The van der Waals surface area contributed by atoms with E-state index in [2.05, 4.69) is 9.46 Å². The topological polar surface area (TPSA) is 55.4 Å². The van der Waals surface area contributed by atoms with E-state index in [1.165, 1.54) is 31.2 Å². The Balaban J connectivity index is 2.22. The fourth-order valence-corrected chi connectivity index (χ4v) is 3.24. The molecule has 0 aliphatic carbocycles. The summed E-state index contributed by atoms with van der Waals surface area (Å²) in [6, 6.07) is 9.22. The number of ether oxygens (including phenoxy) is 1. The average molecular weight is 345 g/mol. The van der Waals surface area contributed by atoms with Gasteiger partial charge in [-0.3, -0.25) is 0 Å². The van der Waals surface area contributed by atoms with Gasteiger partial charge < -0.3 is 4.74 Å². The molecule has 1 N–H and O–H groups in total. The number of benzene rings is 2. The third kappa shape index (κ3) is 4.46. The lowest BCUT2D eigenvalue weighted by molar-refractivity contribution is -0.0504. The summed E-state index contributed by atoms with van der Waals surface area (Å²) in [6.45, 7) is -1.75. The summed E-state index contributed by atoms with van der Waals surface area (Å²) in [4.78, 5) is -0.204. The molecule has 0 aliphatic rings. The monoisotopic (exact) mass is 345 g/mol. The molecule has 0 saturated carbocycles. The van der Waals surface area contributed by atoms with Crippen LogP contribution in [0.25, 0.3) is 0 Å². The molecular formula is C15H14F3NO3S. The molecule has 0 aliphatic heterocycles. The highest BCUT2D eigenvalue weighted by Gasteiger charge is 2.18. The van der Waals surface area contributed by atoms with Gasteiger partial charge in [-0.2, -0.15) is 8.78 Å². The van der Waals surface area contributed by atoms with E-state index < -0.39 is 22.5 Å². The van der Waals surface area contributed by atoms with Gasteiger partial charge in [0.05, 0.1) is 4.90 Å². The number of halogens is 3. The average Bonchev–Trinajstić information content (AvgIpc) is 2.48. The number of para-hydroxylation sites is 1. The van der Waals surface area contributed by atoms with Crippen LogP contribution in [0.15, 0.2) is 47.4 Å². The molecule has 0 atom stereocenters. The van der Waals surface area contributed by atoms with Crippen LogP contribution in [-0.4, -0.2) is 15.0 Å². The second kappa shape index (κ2) is 7.01. The maximum Gasteiger partial charge on any atom is 0.387 e. The predicted molar refractivity (Wildman–Crippen MR) is 78.2 cm³/mol. The van der Waals surface area contributed by atoms with Crippen LogP contribution in [0, 0.1) is 12.7 Å². The van der Waals surface area contributed by atoms with Crippen molar-refractivity contribution in [2.45, 2.75) is 25.0 Å². The quantitative estimate of drug-likeness (QED) is 0.875. The Bertz CT molecular complexity index is 794. The van der Waals surface area contributed by atoms with Crippen LogP contribution in [0.2, 0.25) is 0 Å². The number of sulfonamides is 1. The van der Waals surface area contributed by atoms with E-state index >= 15 is 0 Å². The van der Waals surface area contributed by atoms with Gasteiger partial charge in [0, 0.05) is 12.1 Å². The van der Waals surface area contributed by atoms with Gasteiger partial charge in [-0.05, 0) is 30.7 Å². The molecule has 0 heterocycles. The maximum atomic E-state index is 13.3. The summed E-state index contributed by atoms with van der Waals surface area (Å²) in [7, 11) is -3.99. The first-order chi connectivity index (χ1) is 10.8. The summed E-state index contributed by atoms with van der Waals surface area (Å²) >= 11 is 0. The SMILES string of the molecule is Cc1ccc(F)cc1S(=O)(=O)NCc1ccccc1OC(F)F. The summed E-state index contributed by atoms with van der Waals surface area (Å²) in [6.07, 6.45) is 0. The molecule has 0 saturated heterocycles. The molecule has 23 heavy (non-hydrogen) atoms.